The average molecular weight is 314 g/mol. The second-order valence-electron chi connectivity index (χ2n) is 4.29. The molecule has 0 saturated carbocycles. The van der Waals surface area contributed by atoms with E-state index in [-0.39, 0.29) is 17.0 Å². The normalized spacial score (nSPS) is 12.2. The Morgan fingerprint density at radius 2 is 2.35 bits per heavy atom. The maximum absolute atomic E-state index is 13.6. The minimum absolute atomic E-state index is 0.0295. The molecule has 0 unspecified atom stereocenters. The zero-order chi connectivity index (χ0) is 14.7. The van der Waals surface area contributed by atoms with Gasteiger partial charge in [-0.3, -0.25) is 4.79 Å². The minimum Gasteiger partial charge on any atom is -0.320 e. The first-order chi connectivity index (χ1) is 9.47. The smallest absolute Gasteiger partial charge is 0.243 e. The lowest BCUT2D eigenvalue weighted by atomic mass is 10.1. The van der Waals surface area contributed by atoms with E-state index in [1.165, 1.54) is 23.5 Å². The number of halogens is 2. The lowest BCUT2D eigenvalue weighted by Crippen LogP contribution is -2.37. The van der Waals surface area contributed by atoms with Gasteiger partial charge in [0.25, 0.3) is 0 Å². The number of nitrogens with two attached hydrogens (primary N) is 1. The Kier molecular flexibility index (Phi) is 4.69. The van der Waals surface area contributed by atoms with Gasteiger partial charge in [-0.1, -0.05) is 17.7 Å². The highest BCUT2D eigenvalue weighted by Crippen LogP contribution is 2.21. The van der Waals surface area contributed by atoms with Crippen molar-refractivity contribution in [3.63, 3.8) is 0 Å². The van der Waals surface area contributed by atoms with Gasteiger partial charge >= 0.3 is 0 Å². The maximum Gasteiger partial charge on any atom is 0.243 e. The fraction of sp³-hybridized carbons (Fsp3) is 0.231. The molecule has 2 aromatic rings. The van der Waals surface area contributed by atoms with Crippen LogP contribution >= 0.6 is 22.9 Å². The van der Waals surface area contributed by atoms with E-state index in [4.69, 9.17) is 17.3 Å². The third kappa shape index (κ3) is 3.53. The number of rotatable bonds is 4. The highest BCUT2D eigenvalue weighted by Gasteiger charge is 2.19. The third-order valence-corrected chi connectivity index (χ3v) is 3.90. The summed E-state index contributed by atoms with van der Waals surface area (Å²) in [5, 5.41) is 5.15. The van der Waals surface area contributed by atoms with Crippen LogP contribution in [0.25, 0.3) is 0 Å². The van der Waals surface area contributed by atoms with E-state index < -0.39 is 17.8 Å². The number of hydrogen-bond donors (Lipinski definition) is 2. The van der Waals surface area contributed by atoms with Crippen molar-refractivity contribution in [2.24, 2.45) is 5.73 Å². The second-order valence-corrected chi connectivity index (χ2v) is 5.56. The predicted molar refractivity (Wildman–Crippen MR) is 78.6 cm³/mol. The molecule has 1 atom stereocenters. The lowest BCUT2D eigenvalue weighted by molar-refractivity contribution is -0.117. The molecule has 0 fully saturated rings. The summed E-state index contributed by atoms with van der Waals surface area (Å²) in [5.41, 5.74) is 6.84. The van der Waals surface area contributed by atoms with Crippen molar-refractivity contribution in [2.75, 3.05) is 5.32 Å². The number of nitrogens with zero attached hydrogens (tertiary/aromatic N) is 1. The van der Waals surface area contributed by atoms with Gasteiger partial charge in [0.1, 0.15) is 5.82 Å². The average Bonchev–Trinajstić information content (AvgIpc) is 2.79. The zero-order valence-electron chi connectivity index (χ0n) is 10.7. The van der Waals surface area contributed by atoms with E-state index in [0.29, 0.717) is 5.13 Å². The molecule has 1 amide bonds. The Hall–Kier alpha value is -1.50. The monoisotopic (exact) mass is 313 g/mol. The van der Waals surface area contributed by atoms with E-state index in [1.807, 2.05) is 12.3 Å². The van der Waals surface area contributed by atoms with Crippen LogP contribution in [0, 0.1) is 12.7 Å². The van der Waals surface area contributed by atoms with Crippen LogP contribution in [0.2, 0.25) is 5.02 Å². The van der Waals surface area contributed by atoms with Gasteiger partial charge in [-0.25, -0.2) is 9.37 Å². The van der Waals surface area contributed by atoms with Crippen molar-refractivity contribution in [1.29, 1.82) is 0 Å². The summed E-state index contributed by atoms with van der Waals surface area (Å²) in [4.78, 5) is 16.0. The zero-order valence-corrected chi connectivity index (χ0v) is 12.3. The second kappa shape index (κ2) is 6.30. The highest BCUT2D eigenvalue weighted by atomic mass is 35.5. The maximum atomic E-state index is 13.6. The summed E-state index contributed by atoms with van der Waals surface area (Å²) in [6, 6.07) is 3.46. The van der Waals surface area contributed by atoms with Crippen LogP contribution < -0.4 is 11.1 Å². The summed E-state index contributed by atoms with van der Waals surface area (Å²) < 4.78 is 13.6. The van der Waals surface area contributed by atoms with E-state index in [0.717, 1.165) is 5.69 Å². The fourth-order valence-corrected chi connectivity index (χ4v) is 2.58. The minimum atomic E-state index is -0.895. The number of carbonyl (C=O) groups is 1. The Balaban J connectivity index is 2.04. The molecule has 4 nitrogen and oxygen atoms in total. The van der Waals surface area contributed by atoms with Crippen LogP contribution in [-0.4, -0.2) is 16.9 Å². The fourth-order valence-electron chi connectivity index (χ4n) is 1.65. The topological polar surface area (TPSA) is 68.0 Å². The number of amides is 1. The molecule has 0 spiro atoms. The number of aromatic nitrogens is 1. The van der Waals surface area contributed by atoms with Crippen LogP contribution in [0.1, 0.15) is 11.3 Å². The number of nitrogens with one attached hydrogen (secondary N) is 1. The van der Waals surface area contributed by atoms with Crippen molar-refractivity contribution >= 4 is 34.0 Å². The molecule has 1 aromatic carbocycles. The predicted octanol–water partition coefficient (Wildman–Crippen LogP) is 2.75. The Morgan fingerprint density at radius 3 is 2.95 bits per heavy atom. The first-order valence-corrected chi connectivity index (χ1v) is 7.14. The molecule has 0 aliphatic rings. The Morgan fingerprint density at radius 1 is 1.60 bits per heavy atom. The van der Waals surface area contributed by atoms with Gasteiger partial charge in [-0.05, 0) is 19.1 Å². The van der Waals surface area contributed by atoms with Crippen molar-refractivity contribution in [3.8, 4) is 0 Å². The standard InChI is InChI=1S/C13H13ClFN3OS/c1-7-6-20-13(17-7)18-12(19)11(16)5-8-9(14)3-2-4-10(8)15/h2-4,6,11H,5,16H2,1H3,(H,17,18,19)/t11-/m0/s1. The van der Waals surface area contributed by atoms with Crippen LogP contribution in [0.3, 0.4) is 0 Å². The van der Waals surface area contributed by atoms with Crippen molar-refractivity contribution < 1.29 is 9.18 Å². The molecule has 0 bridgehead atoms. The number of benzene rings is 1. The van der Waals surface area contributed by atoms with E-state index in [1.54, 1.807) is 6.07 Å². The molecule has 1 heterocycles. The number of aryl methyl sites for hydroxylation is 1. The number of carbonyl (C=O) groups excluding carboxylic acids is 1. The molecule has 0 saturated heterocycles. The molecule has 106 valence electrons. The summed E-state index contributed by atoms with van der Waals surface area (Å²) >= 11 is 7.21. The van der Waals surface area contributed by atoms with Gasteiger partial charge < -0.3 is 11.1 Å². The Labute approximate surface area is 124 Å². The molecular weight excluding hydrogens is 301 g/mol. The largest absolute Gasteiger partial charge is 0.320 e. The molecular formula is C13H13ClFN3OS. The van der Waals surface area contributed by atoms with Gasteiger partial charge in [0.2, 0.25) is 5.91 Å². The van der Waals surface area contributed by atoms with Gasteiger partial charge in [0.15, 0.2) is 5.13 Å². The number of anilines is 1. The lowest BCUT2D eigenvalue weighted by Gasteiger charge is -2.12. The Bertz CT molecular complexity index is 612. The van der Waals surface area contributed by atoms with Gasteiger partial charge in [-0.15, -0.1) is 11.3 Å². The van der Waals surface area contributed by atoms with Crippen molar-refractivity contribution in [3.05, 3.63) is 45.7 Å². The quantitative estimate of drug-likeness (QED) is 0.912. The van der Waals surface area contributed by atoms with Crippen LogP contribution in [0.15, 0.2) is 23.6 Å². The van der Waals surface area contributed by atoms with Gasteiger partial charge in [-0.2, -0.15) is 0 Å². The first kappa shape index (κ1) is 14.9. The molecule has 7 heteroatoms. The van der Waals surface area contributed by atoms with Crippen LogP contribution in [0.5, 0.6) is 0 Å². The summed E-state index contributed by atoms with van der Waals surface area (Å²) in [6.07, 6.45) is 0.0295. The molecule has 3 N–H and O–H groups in total. The molecule has 1 aromatic heterocycles. The molecule has 0 aliphatic heterocycles. The van der Waals surface area contributed by atoms with E-state index >= 15 is 0 Å². The first-order valence-electron chi connectivity index (χ1n) is 5.89. The summed E-state index contributed by atoms with van der Waals surface area (Å²) in [6.45, 7) is 1.82. The number of hydrogen-bond acceptors (Lipinski definition) is 4. The molecule has 2 rings (SSSR count). The van der Waals surface area contributed by atoms with Gasteiger partial charge in [0, 0.05) is 22.4 Å². The third-order valence-electron chi connectivity index (χ3n) is 2.67. The van der Waals surface area contributed by atoms with E-state index in [2.05, 4.69) is 10.3 Å². The van der Waals surface area contributed by atoms with Crippen LogP contribution in [-0.2, 0) is 11.2 Å². The summed E-state index contributed by atoms with van der Waals surface area (Å²) in [7, 11) is 0. The van der Waals surface area contributed by atoms with Crippen LogP contribution in [0.4, 0.5) is 9.52 Å². The highest BCUT2D eigenvalue weighted by molar-refractivity contribution is 7.13. The number of thiazole rings is 1. The van der Waals surface area contributed by atoms with E-state index in [9.17, 15) is 9.18 Å². The molecule has 20 heavy (non-hydrogen) atoms. The van der Waals surface area contributed by atoms with Crippen molar-refractivity contribution in [1.82, 2.24) is 4.98 Å². The summed E-state index contributed by atoms with van der Waals surface area (Å²) in [5.74, 6) is -0.885. The molecule has 0 radical (unpaired) electrons. The SMILES string of the molecule is Cc1csc(NC(=O)[C@@H](N)Cc2c(F)cccc2Cl)n1. The van der Waals surface area contributed by atoms with Crippen molar-refractivity contribution in [2.45, 2.75) is 19.4 Å². The van der Waals surface area contributed by atoms with Gasteiger partial charge in [0.05, 0.1) is 11.7 Å². The molecule has 0 aliphatic carbocycles.